The highest BCUT2D eigenvalue weighted by molar-refractivity contribution is 6.30. The number of hydrogen-bond acceptors (Lipinski definition) is 2. The smallest absolute Gasteiger partial charge is 0.244 e. The van der Waals surface area contributed by atoms with E-state index in [1.165, 1.54) is 18.2 Å². The van der Waals surface area contributed by atoms with Crippen molar-refractivity contribution in [2.75, 3.05) is 20.6 Å². The Labute approximate surface area is 146 Å². The van der Waals surface area contributed by atoms with Crippen molar-refractivity contribution in [1.82, 2.24) is 10.2 Å². The minimum absolute atomic E-state index is 0.107. The van der Waals surface area contributed by atoms with Crippen molar-refractivity contribution in [3.05, 3.63) is 76.6 Å². The monoisotopic (exact) mass is 346 g/mol. The van der Waals surface area contributed by atoms with Crippen LogP contribution in [0.2, 0.25) is 5.02 Å². The van der Waals surface area contributed by atoms with Crippen LogP contribution in [0.15, 0.2) is 54.6 Å². The van der Waals surface area contributed by atoms with Crippen molar-refractivity contribution in [1.29, 1.82) is 0 Å². The number of carbonyl (C=O) groups is 1. The van der Waals surface area contributed by atoms with Crippen LogP contribution in [0.4, 0.5) is 4.39 Å². The largest absolute Gasteiger partial charge is 0.351 e. The molecule has 1 amide bonds. The predicted molar refractivity (Wildman–Crippen MR) is 96.3 cm³/mol. The summed E-state index contributed by atoms with van der Waals surface area (Å²) in [6, 6.07) is 13.5. The van der Waals surface area contributed by atoms with Gasteiger partial charge in [-0.3, -0.25) is 4.79 Å². The molecule has 24 heavy (non-hydrogen) atoms. The summed E-state index contributed by atoms with van der Waals surface area (Å²) in [4.78, 5) is 13.9. The Balaban J connectivity index is 1.98. The quantitative estimate of drug-likeness (QED) is 0.804. The molecule has 0 spiro atoms. The minimum atomic E-state index is -0.286. The van der Waals surface area contributed by atoms with Crippen molar-refractivity contribution < 1.29 is 9.18 Å². The lowest BCUT2D eigenvalue weighted by Gasteiger charge is -2.24. The van der Waals surface area contributed by atoms with Crippen molar-refractivity contribution in [3.63, 3.8) is 0 Å². The highest BCUT2D eigenvalue weighted by atomic mass is 35.5. The Morgan fingerprint density at radius 3 is 2.67 bits per heavy atom. The molecule has 0 aliphatic heterocycles. The molecule has 3 nitrogen and oxygen atoms in total. The average molecular weight is 347 g/mol. The first-order valence-corrected chi connectivity index (χ1v) is 7.97. The number of carbonyl (C=O) groups excluding carboxylic acids is 1. The molecule has 0 fully saturated rings. The Hall–Kier alpha value is -2.17. The van der Waals surface area contributed by atoms with E-state index in [0.29, 0.717) is 11.6 Å². The van der Waals surface area contributed by atoms with Crippen LogP contribution in [0.5, 0.6) is 0 Å². The van der Waals surface area contributed by atoms with Gasteiger partial charge in [0.2, 0.25) is 5.91 Å². The molecule has 0 saturated heterocycles. The Morgan fingerprint density at radius 1 is 1.25 bits per heavy atom. The van der Waals surface area contributed by atoms with Gasteiger partial charge in [0.25, 0.3) is 0 Å². The molecule has 2 aromatic carbocycles. The molecule has 0 saturated carbocycles. The number of hydrogen-bond donors (Lipinski definition) is 1. The third-order valence-corrected chi connectivity index (χ3v) is 3.84. The first-order valence-electron chi connectivity index (χ1n) is 7.59. The molecule has 0 aromatic heterocycles. The number of nitrogens with zero attached hydrogens (tertiary/aromatic N) is 1. The molecular formula is C19H20ClFN2O. The molecule has 1 atom stereocenters. The molecule has 126 valence electrons. The van der Waals surface area contributed by atoms with Crippen LogP contribution in [0.1, 0.15) is 17.2 Å². The topological polar surface area (TPSA) is 32.3 Å². The lowest BCUT2D eigenvalue weighted by molar-refractivity contribution is -0.116. The van der Waals surface area contributed by atoms with Gasteiger partial charge in [0.15, 0.2) is 0 Å². The maximum Gasteiger partial charge on any atom is 0.244 e. The number of halogens is 2. The van der Waals surface area contributed by atoms with Crippen LogP contribution < -0.4 is 5.32 Å². The molecule has 0 bridgehead atoms. The van der Waals surface area contributed by atoms with Gasteiger partial charge < -0.3 is 10.2 Å². The van der Waals surface area contributed by atoms with Crippen LogP contribution in [-0.2, 0) is 4.79 Å². The summed E-state index contributed by atoms with van der Waals surface area (Å²) in [6.45, 7) is 0.384. The zero-order valence-electron chi connectivity index (χ0n) is 13.7. The van der Waals surface area contributed by atoms with Gasteiger partial charge in [-0.2, -0.15) is 0 Å². The number of benzene rings is 2. The van der Waals surface area contributed by atoms with E-state index in [9.17, 15) is 9.18 Å². The summed E-state index contributed by atoms with van der Waals surface area (Å²) < 4.78 is 13.4. The maximum atomic E-state index is 13.4. The summed E-state index contributed by atoms with van der Waals surface area (Å²) in [5.41, 5.74) is 1.67. The summed E-state index contributed by atoms with van der Waals surface area (Å²) in [5, 5.41) is 3.47. The standard InChI is InChI=1S/C19H20ClFN2O/c1-23(2)18(15-6-4-8-17(21)12-15)13-22-19(24)10-9-14-5-3-7-16(20)11-14/h3-12,18H,13H2,1-2H3,(H,22,24)/b10-9+. The van der Waals surface area contributed by atoms with Crippen LogP contribution >= 0.6 is 11.6 Å². The highest BCUT2D eigenvalue weighted by Crippen LogP contribution is 2.18. The number of nitrogens with one attached hydrogen (secondary N) is 1. The van der Waals surface area contributed by atoms with Gasteiger partial charge in [0.05, 0.1) is 6.04 Å². The van der Waals surface area contributed by atoms with E-state index in [2.05, 4.69) is 5.32 Å². The second-order valence-electron chi connectivity index (χ2n) is 5.67. The van der Waals surface area contributed by atoms with Gasteiger partial charge in [0.1, 0.15) is 5.82 Å². The van der Waals surface area contributed by atoms with Crippen LogP contribution in [0.3, 0.4) is 0 Å². The van der Waals surface area contributed by atoms with Crippen LogP contribution in [-0.4, -0.2) is 31.4 Å². The minimum Gasteiger partial charge on any atom is -0.351 e. The van der Waals surface area contributed by atoms with Crippen molar-refractivity contribution in [2.24, 2.45) is 0 Å². The van der Waals surface area contributed by atoms with Crippen LogP contribution in [0.25, 0.3) is 6.08 Å². The lowest BCUT2D eigenvalue weighted by Crippen LogP contribution is -2.33. The van der Waals surface area contributed by atoms with Gasteiger partial charge in [-0.25, -0.2) is 4.39 Å². The predicted octanol–water partition coefficient (Wildman–Crippen LogP) is 3.91. The third kappa shape index (κ3) is 5.48. The summed E-state index contributed by atoms with van der Waals surface area (Å²) in [5.74, 6) is -0.496. The Bertz CT molecular complexity index is 731. The molecule has 2 rings (SSSR count). The SMILES string of the molecule is CN(C)C(CNC(=O)/C=C/c1cccc(Cl)c1)c1cccc(F)c1. The summed E-state index contributed by atoms with van der Waals surface area (Å²) in [6.07, 6.45) is 3.16. The van der Waals surface area contributed by atoms with E-state index < -0.39 is 0 Å². The van der Waals surface area contributed by atoms with Gasteiger partial charge >= 0.3 is 0 Å². The average Bonchev–Trinajstić information content (AvgIpc) is 2.53. The van der Waals surface area contributed by atoms with E-state index in [0.717, 1.165) is 11.1 Å². The van der Waals surface area contributed by atoms with Crippen LogP contribution in [0, 0.1) is 5.82 Å². The first-order chi connectivity index (χ1) is 11.5. The van der Waals surface area contributed by atoms with E-state index in [-0.39, 0.29) is 17.8 Å². The fraction of sp³-hybridized carbons (Fsp3) is 0.211. The van der Waals surface area contributed by atoms with E-state index in [1.54, 1.807) is 24.3 Å². The van der Waals surface area contributed by atoms with Gasteiger partial charge in [0, 0.05) is 17.6 Å². The van der Waals surface area contributed by atoms with Gasteiger partial charge in [-0.15, -0.1) is 0 Å². The fourth-order valence-electron chi connectivity index (χ4n) is 2.35. The first kappa shape index (κ1) is 18.2. The number of likely N-dealkylation sites (N-methyl/N-ethyl adjacent to an activating group) is 1. The lowest BCUT2D eigenvalue weighted by atomic mass is 10.1. The van der Waals surface area contributed by atoms with Crippen molar-refractivity contribution in [3.8, 4) is 0 Å². The van der Waals surface area contributed by atoms with Crippen molar-refractivity contribution in [2.45, 2.75) is 6.04 Å². The van der Waals surface area contributed by atoms with Gasteiger partial charge in [-0.05, 0) is 55.6 Å². The van der Waals surface area contributed by atoms with Crippen molar-refractivity contribution >= 4 is 23.6 Å². The molecule has 1 unspecified atom stereocenters. The third-order valence-electron chi connectivity index (χ3n) is 3.60. The molecule has 0 aliphatic carbocycles. The van der Waals surface area contributed by atoms with E-state index in [4.69, 9.17) is 11.6 Å². The second-order valence-corrected chi connectivity index (χ2v) is 6.10. The van der Waals surface area contributed by atoms with E-state index >= 15 is 0 Å². The zero-order valence-corrected chi connectivity index (χ0v) is 14.4. The zero-order chi connectivity index (χ0) is 17.5. The summed E-state index contributed by atoms with van der Waals surface area (Å²) in [7, 11) is 3.78. The maximum absolute atomic E-state index is 13.4. The molecule has 0 aliphatic rings. The number of amides is 1. The fourth-order valence-corrected chi connectivity index (χ4v) is 2.55. The highest BCUT2D eigenvalue weighted by Gasteiger charge is 2.15. The summed E-state index contributed by atoms with van der Waals surface area (Å²) >= 11 is 5.91. The normalized spacial score (nSPS) is 12.5. The molecule has 0 heterocycles. The molecule has 1 N–H and O–H groups in total. The number of rotatable bonds is 6. The molecule has 5 heteroatoms. The molecular weight excluding hydrogens is 327 g/mol. The molecule has 2 aromatic rings. The Kier molecular flexibility index (Phi) is 6.53. The Morgan fingerprint density at radius 2 is 2.00 bits per heavy atom. The second kappa shape index (κ2) is 8.62. The van der Waals surface area contributed by atoms with Gasteiger partial charge in [-0.1, -0.05) is 35.9 Å². The van der Waals surface area contributed by atoms with E-state index in [1.807, 2.05) is 37.2 Å². The molecule has 0 radical (unpaired) electrons.